The molecule has 1 N–H and O–H groups in total. The zero-order valence-electron chi connectivity index (χ0n) is 17.0. The Morgan fingerprint density at radius 1 is 1.16 bits per heavy atom. The standard InChI is InChI=1S/C24H20FNO5/c1-14-12-15(9-10-18(14)25)22(27)20-21(17-7-3-4-8-19(17)30-2)26(24(29)23(20)28)13-16-6-5-11-31-16/h3-12,21,27H,13H2,1-2H3/b22-20+. The van der Waals surface area contributed by atoms with Crippen molar-refractivity contribution in [2.24, 2.45) is 0 Å². The minimum Gasteiger partial charge on any atom is -0.507 e. The number of rotatable bonds is 5. The van der Waals surface area contributed by atoms with Crippen LogP contribution in [0.3, 0.4) is 0 Å². The van der Waals surface area contributed by atoms with Crippen molar-refractivity contribution in [2.75, 3.05) is 7.11 Å². The molecular formula is C24H20FNO5. The summed E-state index contributed by atoms with van der Waals surface area (Å²) in [5, 5.41) is 11.1. The van der Waals surface area contributed by atoms with Crippen molar-refractivity contribution in [3.05, 3.63) is 94.7 Å². The molecule has 1 unspecified atom stereocenters. The first kappa shape index (κ1) is 20.4. The van der Waals surface area contributed by atoms with Crippen LogP contribution in [0, 0.1) is 12.7 Å². The highest BCUT2D eigenvalue weighted by molar-refractivity contribution is 6.46. The summed E-state index contributed by atoms with van der Waals surface area (Å²) >= 11 is 0. The maximum absolute atomic E-state index is 13.7. The van der Waals surface area contributed by atoms with Crippen LogP contribution in [0.1, 0.15) is 28.5 Å². The molecule has 1 aliphatic rings. The van der Waals surface area contributed by atoms with Gasteiger partial charge in [-0.3, -0.25) is 9.59 Å². The average Bonchev–Trinajstić information content (AvgIpc) is 3.37. The number of para-hydroxylation sites is 1. The van der Waals surface area contributed by atoms with E-state index in [1.54, 1.807) is 43.3 Å². The molecule has 6 nitrogen and oxygen atoms in total. The second-order valence-corrected chi connectivity index (χ2v) is 7.21. The monoisotopic (exact) mass is 421 g/mol. The van der Waals surface area contributed by atoms with Crippen molar-refractivity contribution in [1.82, 2.24) is 4.90 Å². The topological polar surface area (TPSA) is 80.0 Å². The number of nitrogens with zero attached hydrogens (tertiary/aromatic N) is 1. The highest BCUT2D eigenvalue weighted by atomic mass is 19.1. The van der Waals surface area contributed by atoms with Gasteiger partial charge in [-0.05, 0) is 48.9 Å². The molecule has 1 amide bonds. The summed E-state index contributed by atoms with van der Waals surface area (Å²) in [5.74, 6) is -1.47. The number of hydrogen-bond donors (Lipinski definition) is 1. The molecule has 1 fully saturated rings. The fraction of sp³-hybridized carbons (Fsp3) is 0.167. The molecule has 1 aliphatic heterocycles. The van der Waals surface area contributed by atoms with E-state index in [4.69, 9.17) is 9.15 Å². The van der Waals surface area contributed by atoms with Gasteiger partial charge in [-0.2, -0.15) is 0 Å². The van der Waals surface area contributed by atoms with Crippen LogP contribution in [0.25, 0.3) is 5.76 Å². The molecule has 4 rings (SSSR count). The van der Waals surface area contributed by atoms with Gasteiger partial charge in [-0.1, -0.05) is 18.2 Å². The van der Waals surface area contributed by atoms with Crippen LogP contribution in [0.2, 0.25) is 0 Å². The summed E-state index contributed by atoms with van der Waals surface area (Å²) in [5.41, 5.74) is 1.00. The third-order valence-electron chi connectivity index (χ3n) is 5.31. The van der Waals surface area contributed by atoms with Crippen molar-refractivity contribution < 1.29 is 28.2 Å². The molecule has 2 heterocycles. The van der Waals surface area contributed by atoms with Gasteiger partial charge in [0.05, 0.1) is 31.5 Å². The SMILES string of the molecule is COc1ccccc1C1/C(=C(\O)c2ccc(F)c(C)c2)C(=O)C(=O)N1Cc1ccco1. The molecule has 2 aromatic carbocycles. The van der Waals surface area contributed by atoms with Crippen LogP contribution in [-0.4, -0.2) is 28.8 Å². The Kier molecular flexibility index (Phi) is 5.33. The van der Waals surface area contributed by atoms with Gasteiger partial charge in [-0.15, -0.1) is 0 Å². The lowest BCUT2D eigenvalue weighted by molar-refractivity contribution is -0.140. The lowest BCUT2D eigenvalue weighted by Crippen LogP contribution is -2.29. The number of aliphatic hydroxyl groups excluding tert-OH is 1. The largest absolute Gasteiger partial charge is 0.507 e. The van der Waals surface area contributed by atoms with Gasteiger partial charge in [0.25, 0.3) is 11.7 Å². The van der Waals surface area contributed by atoms with Gasteiger partial charge in [-0.25, -0.2) is 4.39 Å². The number of aryl methyl sites for hydroxylation is 1. The van der Waals surface area contributed by atoms with Crippen LogP contribution >= 0.6 is 0 Å². The summed E-state index contributed by atoms with van der Waals surface area (Å²) in [4.78, 5) is 27.3. The number of benzene rings is 2. The van der Waals surface area contributed by atoms with E-state index in [-0.39, 0.29) is 23.4 Å². The van der Waals surface area contributed by atoms with E-state index in [9.17, 15) is 19.1 Å². The third-order valence-corrected chi connectivity index (χ3v) is 5.31. The molecule has 0 aliphatic carbocycles. The van der Waals surface area contributed by atoms with E-state index in [2.05, 4.69) is 0 Å². The van der Waals surface area contributed by atoms with Gasteiger partial charge in [0.2, 0.25) is 0 Å². The van der Waals surface area contributed by atoms with Gasteiger partial charge in [0.1, 0.15) is 23.1 Å². The number of aliphatic hydroxyl groups is 1. The van der Waals surface area contributed by atoms with Crippen molar-refractivity contribution in [2.45, 2.75) is 19.5 Å². The number of amides is 1. The fourth-order valence-corrected chi connectivity index (χ4v) is 3.78. The fourth-order valence-electron chi connectivity index (χ4n) is 3.78. The van der Waals surface area contributed by atoms with Gasteiger partial charge in [0.15, 0.2) is 0 Å². The third kappa shape index (κ3) is 3.59. The van der Waals surface area contributed by atoms with E-state index in [1.165, 1.54) is 36.5 Å². The molecule has 1 atom stereocenters. The normalized spacial score (nSPS) is 17.9. The highest BCUT2D eigenvalue weighted by Crippen LogP contribution is 2.43. The molecular weight excluding hydrogens is 401 g/mol. The van der Waals surface area contributed by atoms with Gasteiger partial charge in [0, 0.05) is 11.1 Å². The van der Waals surface area contributed by atoms with E-state index in [0.717, 1.165) is 0 Å². The van der Waals surface area contributed by atoms with E-state index in [1.807, 2.05) is 0 Å². The smallest absolute Gasteiger partial charge is 0.296 e. The molecule has 158 valence electrons. The van der Waals surface area contributed by atoms with Crippen LogP contribution in [0.15, 0.2) is 70.9 Å². The highest BCUT2D eigenvalue weighted by Gasteiger charge is 2.47. The first-order valence-electron chi connectivity index (χ1n) is 9.62. The Morgan fingerprint density at radius 3 is 2.61 bits per heavy atom. The summed E-state index contributed by atoms with van der Waals surface area (Å²) in [7, 11) is 1.49. The molecule has 3 aromatic rings. The van der Waals surface area contributed by atoms with E-state index in [0.29, 0.717) is 22.6 Å². The second kappa shape index (κ2) is 8.10. The molecule has 7 heteroatoms. The number of likely N-dealkylation sites (tertiary alicyclic amines) is 1. The number of ketones is 1. The van der Waals surface area contributed by atoms with Crippen molar-refractivity contribution in [1.29, 1.82) is 0 Å². The van der Waals surface area contributed by atoms with Crippen LogP contribution in [-0.2, 0) is 16.1 Å². The first-order chi connectivity index (χ1) is 14.9. The van der Waals surface area contributed by atoms with Crippen molar-refractivity contribution in [3.63, 3.8) is 0 Å². The second-order valence-electron chi connectivity index (χ2n) is 7.21. The maximum atomic E-state index is 13.7. The molecule has 1 saturated heterocycles. The minimum absolute atomic E-state index is 0.0273. The lowest BCUT2D eigenvalue weighted by atomic mass is 9.94. The average molecular weight is 421 g/mol. The zero-order valence-corrected chi connectivity index (χ0v) is 17.0. The van der Waals surface area contributed by atoms with Crippen molar-refractivity contribution in [3.8, 4) is 5.75 Å². The number of carbonyl (C=O) groups excluding carboxylic acids is 2. The maximum Gasteiger partial charge on any atom is 0.296 e. The Morgan fingerprint density at radius 2 is 1.94 bits per heavy atom. The number of ether oxygens (including phenoxy) is 1. The molecule has 0 radical (unpaired) electrons. The van der Waals surface area contributed by atoms with Crippen LogP contribution in [0.5, 0.6) is 5.75 Å². The lowest BCUT2D eigenvalue weighted by Gasteiger charge is -2.25. The number of carbonyl (C=O) groups is 2. The summed E-state index contributed by atoms with van der Waals surface area (Å²) in [6, 6.07) is 13.5. The number of Topliss-reactive ketones (excluding diaryl/α,β-unsaturated/α-hetero) is 1. The van der Waals surface area contributed by atoms with Gasteiger partial charge < -0.3 is 19.2 Å². The summed E-state index contributed by atoms with van der Waals surface area (Å²) in [6.45, 7) is 1.58. The minimum atomic E-state index is -0.911. The molecule has 31 heavy (non-hydrogen) atoms. The van der Waals surface area contributed by atoms with Crippen LogP contribution in [0.4, 0.5) is 4.39 Å². The summed E-state index contributed by atoms with van der Waals surface area (Å²) in [6.07, 6.45) is 1.48. The molecule has 0 bridgehead atoms. The number of hydrogen-bond acceptors (Lipinski definition) is 5. The summed E-state index contributed by atoms with van der Waals surface area (Å²) < 4.78 is 24.6. The van der Waals surface area contributed by atoms with E-state index < -0.39 is 23.5 Å². The predicted octanol–water partition coefficient (Wildman–Crippen LogP) is 4.36. The zero-order chi connectivity index (χ0) is 22.1. The van der Waals surface area contributed by atoms with Gasteiger partial charge >= 0.3 is 0 Å². The number of furan rings is 1. The Balaban J connectivity index is 1.92. The Hall–Kier alpha value is -3.87. The van der Waals surface area contributed by atoms with Crippen LogP contribution < -0.4 is 4.74 Å². The number of methoxy groups -OCH3 is 1. The van der Waals surface area contributed by atoms with E-state index >= 15 is 0 Å². The molecule has 1 aromatic heterocycles. The quantitative estimate of drug-likeness (QED) is 0.376. The Labute approximate surface area is 178 Å². The van der Waals surface area contributed by atoms with Crippen molar-refractivity contribution >= 4 is 17.4 Å². The molecule has 0 saturated carbocycles. The molecule has 0 spiro atoms. The predicted molar refractivity (Wildman–Crippen MR) is 111 cm³/mol. The number of halogens is 1. The Bertz CT molecular complexity index is 1180. The first-order valence-corrected chi connectivity index (χ1v) is 9.62.